The Morgan fingerprint density at radius 2 is 1.90 bits per heavy atom. The van der Waals surface area contributed by atoms with E-state index in [0.29, 0.717) is 0 Å². The second-order valence-electron chi connectivity index (χ2n) is 4.95. The van der Waals surface area contributed by atoms with Crippen LogP contribution in [0.15, 0.2) is 23.1 Å². The molecule has 0 bridgehead atoms. The van der Waals surface area contributed by atoms with Crippen LogP contribution in [-0.4, -0.2) is 42.9 Å². The molecule has 0 N–H and O–H groups in total. The molecule has 0 amide bonds. The standard InChI is InChI=1S/C12H15ClN2O5S/c1-8-6-14(7-9(2)20-8)21(18,19)10-3-4-11(13)12(5-10)15(16)17/h3-5,8-9H,6-7H2,1-2H3. The predicted molar refractivity (Wildman–Crippen MR) is 76.9 cm³/mol. The minimum absolute atomic E-state index is 0.0948. The molecule has 0 spiro atoms. The first-order chi connectivity index (χ1) is 9.71. The van der Waals surface area contributed by atoms with E-state index in [2.05, 4.69) is 0 Å². The van der Waals surface area contributed by atoms with E-state index < -0.39 is 20.6 Å². The van der Waals surface area contributed by atoms with Crippen LogP contribution in [0.1, 0.15) is 13.8 Å². The molecule has 116 valence electrons. The minimum Gasteiger partial charge on any atom is -0.373 e. The molecule has 9 heteroatoms. The van der Waals surface area contributed by atoms with Gasteiger partial charge in [0.05, 0.1) is 22.0 Å². The van der Waals surface area contributed by atoms with Gasteiger partial charge < -0.3 is 4.74 Å². The van der Waals surface area contributed by atoms with E-state index in [9.17, 15) is 18.5 Å². The third-order valence-corrected chi connectivity index (χ3v) is 5.29. The number of hydrogen-bond donors (Lipinski definition) is 0. The Kier molecular flexibility index (Phi) is 4.52. The SMILES string of the molecule is CC1CN(S(=O)(=O)c2ccc(Cl)c([N+](=O)[O-])c2)CC(C)O1. The molecule has 0 aromatic heterocycles. The molecule has 0 aliphatic carbocycles. The lowest BCUT2D eigenvalue weighted by Gasteiger charge is -2.34. The molecule has 1 fully saturated rings. The highest BCUT2D eigenvalue weighted by atomic mass is 35.5. The van der Waals surface area contributed by atoms with E-state index in [-0.39, 0.29) is 35.2 Å². The number of morpholine rings is 1. The highest BCUT2D eigenvalue weighted by Gasteiger charge is 2.33. The maximum absolute atomic E-state index is 12.6. The molecule has 1 aliphatic rings. The van der Waals surface area contributed by atoms with Gasteiger partial charge in [0, 0.05) is 19.2 Å². The number of rotatable bonds is 3. The lowest BCUT2D eigenvalue weighted by Crippen LogP contribution is -2.48. The van der Waals surface area contributed by atoms with E-state index in [4.69, 9.17) is 16.3 Å². The fourth-order valence-corrected chi connectivity index (χ4v) is 4.07. The fraction of sp³-hybridized carbons (Fsp3) is 0.500. The van der Waals surface area contributed by atoms with Crippen molar-refractivity contribution in [3.63, 3.8) is 0 Å². The van der Waals surface area contributed by atoms with Crippen molar-refractivity contribution in [3.8, 4) is 0 Å². The molecule has 2 unspecified atom stereocenters. The number of hydrogen-bond acceptors (Lipinski definition) is 5. The Bertz CT molecular complexity index is 654. The summed E-state index contributed by atoms with van der Waals surface area (Å²) >= 11 is 5.70. The van der Waals surface area contributed by atoms with Crippen molar-refractivity contribution >= 4 is 27.3 Å². The van der Waals surface area contributed by atoms with Crippen molar-refractivity contribution in [1.29, 1.82) is 0 Å². The summed E-state index contributed by atoms with van der Waals surface area (Å²) in [7, 11) is -3.81. The highest BCUT2D eigenvalue weighted by Crippen LogP contribution is 2.29. The van der Waals surface area contributed by atoms with Crippen LogP contribution >= 0.6 is 11.6 Å². The van der Waals surface area contributed by atoms with Crippen molar-refractivity contribution in [1.82, 2.24) is 4.31 Å². The fourth-order valence-electron chi connectivity index (χ4n) is 2.27. The Balaban J connectivity index is 2.40. The molecule has 2 atom stereocenters. The lowest BCUT2D eigenvalue weighted by molar-refractivity contribution is -0.384. The maximum Gasteiger partial charge on any atom is 0.289 e. The molecule has 2 rings (SSSR count). The Morgan fingerprint density at radius 1 is 1.33 bits per heavy atom. The average Bonchev–Trinajstić information content (AvgIpc) is 2.37. The summed E-state index contributed by atoms with van der Waals surface area (Å²) in [5, 5.41) is 10.8. The summed E-state index contributed by atoms with van der Waals surface area (Å²) in [6.07, 6.45) is -0.461. The third kappa shape index (κ3) is 3.34. The summed E-state index contributed by atoms with van der Waals surface area (Å²) < 4.78 is 31.9. The first-order valence-corrected chi connectivity index (χ1v) is 8.13. The van der Waals surface area contributed by atoms with Crippen LogP contribution in [0.2, 0.25) is 5.02 Å². The van der Waals surface area contributed by atoms with Crippen molar-refractivity contribution in [3.05, 3.63) is 33.3 Å². The summed E-state index contributed by atoms with van der Waals surface area (Å²) in [6, 6.07) is 3.48. The van der Waals surface area contributed by atoms with Gasteiger partial charge in [0.2, 0.25) is 10.0 Å². The van der Waals surface area contributed by atoms with Crippen LogP contribution in [0.5, 0.6) is 0 Å². The molecule has 1 aromatic rings. The van der Waals surface area contributed by atoms with Crippen molar-refractivity contribution in [2.75, 3.05) is 13.1 Å². The molecule has 1 saturated heterocycles. The van der Waals surface area contributed by atoms with Crippen LogP contribution in [0.3, 0.4) is 0 Å². The number of nitrogens with zero attached hydrogens (tertiary/aromatic N) is 2. The van der Waals surface area contributed by atoms with Crippen LogP contribution in [0, 0.1) is 10.1 Å². The lowest BCUT2D eigenvalue weighted by atomic mass is 10.3. The van der Waals surface area contributed by atoms with Crippen LogP contribution < -0.4 is 0 Å². The number of benzene rings is 1. The van der Waals surface area contributed by atoms with Gasteiger partial charge in [0.15, 0.2) is 0 Å². The minimum atomic E-state index is -3.81. The topological polar surface area (TPSA) is 89.8 Å². The monoisotopic (exact) mass is 334 g/mol. The predicted octanol–water partition coefficient (Wildman–Crippen LogP) is 2.05. The number of ether oxygens (including phenoxy) is 1. The Hall–Kier alpha value is -1.22. The summed E-state index contributed by atoms with van der Waals surface area (Å²) in [6.45, 7) is 3.98. The van der Waals surface area contributed by atoms with Crippen molar-refractivity contribution < 1.29 is 18.1 Å². The molecular weight excluding hydrogens is 320 g/mol. The largest absolute Gasteiger partial charge is 0.373 e. The zero-order valence-corrected chi connectivity index (χ0v) is 13.1. The van der Waals surface area contributed by atoms with Gasteiger partial charge in [0.25, 0.3) is 5.69 Å². The molecule has 1 aromatic carbocycles. The van der Waals surface area contributed by atoms with E-state index >= 15 is 0 Å². The third-order valence-electron chi connectivity index (χ3n) is 3.14. The molecule has 0 saturated carbocycles. The molecule has 0 radical (unpaired) electrons. The normalized spacial score (nSPS) is 24.0. The maximum atomic E-state index is 12.6. The first-order valence-electron chi connectivity index (χ1n) is 6.31. The second kappa shape index (κ2) is 5.88. The Labute approximate surface area is 127 Å². The van der Waals surface area contributed by atoms with Gasteiger partial charge >= 0.3 is 0 Å². The van der Waals surface area contributed by atoms with Gasteiger partial charge in [-0.05, 0) is 26.0 Å². The molecule has 1 aliphatic heterocycles. The second-order valence-corrected chi connectivity index (χ2v) is 7.29. The van der Waals surface area contributed by atoms with Gasteiger partial charge in [-0.25, -0.2) is 8.42 Å². The van der Waals surface area contributed by atoms with Gasteiger partial charge in [-0.15, -0.1) is 0 Å². The van der Waals surface area contributed by atoms with Crippen molar-refractivity contribution in [2.24, 2.45) is 0 Å². The smallest absolute Gasteiger partial charge is 0.289 e. The zero-order valence-electron chi connectivity index (χ0n) is 11.5. The number of nitro groups is 1. The molecular formula is C12H15ClN2O5S. The van der Waals surface area contributed by atoms with Gasteiger partial charge in [-0.3, -0.25) is 10.1 Å². The Morgan fingerprint density at radius 3 is 2.43 bits per heavy atom. The average molecular weight is 335 g/mol. The number of nitro benzene ring substituents is 1. The van der Waals surface area contributed by atoms with Crippen LogP contribution in [0.25, 0.3) is 0 Å². The number of sulfonamides is 1. The molecule has 7 nitrogen and oxygen atoms in total. The van der Waals surface area contributed by atoms with Crippen LogP contribution in [0.4, 0.5) is 5.69 Å². The number of halogens is 1. The summed E-state index contributed by atoms with van der Waals surface area (Å²) in [4.78, 5) is 10.0. The van der Waals surface area contributed by atoms with Crippen molar-refractivity contribution in [2.45, 2.75) is 31.0 Å². The van der Waals surface area contributed by atoms with Crippen LogP contribution in [-0.2, 0) is 14.8 Å². The highest BCUT2D eigenvalue weighted by molar-refractivity contribution is 7.89. The summed E-state index contributed by atoms with van der Waals surface area (Å²) in [5.74, 6) is 0. The zero-order chi connectivity index (χ0) is 15.8. The van der Waals surface area contributed by atoms with E-state index in [1.807, 2.05) is 0 Å². The van der Waals surface area contributed by atoms with Gasteiger partial charge in [-0.2, -0.15) is 4.31 Å². The van der Waals surface area contributed by atoms with Gasteiger partial charge in [-0.1, -0.05) is 11.6 Å². The molecule has 1 heterocycles. The first kappa shape index (κ1) is 16.2. The quantitative estimate of drug-likeness (QED) is 0.623. The van der Waals surface area contributed by atoms with Gasteiger partial charge in [0.1, 0.15) is 5.02 Å². The summed E-state index contributed by atoms with van der Waals surface area (Å²) in [5.41, 5.74) is -0.424. The van der Waals surface area contributed by atoms with E-state index in [0.717, 1.165) is 6.07 Å². The van der Waals surface area contributed by atoms with E-state index in [1.54, 1.807) is 13.8 Å². The van der Waals surface area contributed by atoms with E-state index in [1.165, 1.54) is 16.4 Å². The molecule has 21 heavy (non-hydrogen) atoms.